The first-order valence-electron chi connectivity index (χ1n) is 9.21. The second-order valence-corrected chi connectivity index (χ2v) is 6.83. The number of ether oxygens (including phenoxy) is 1. The van der Waals surface area contributed by atoms with Gasteiger partial charge in [0.05, 0.1) is 19.4 Å². The van der Waals surface area contributed by atoms with Crippen LogP contribution in [0.1, 0.15) is 22.3 Å². The molecule has 6 heteroatoms. The summed E-state index contributed by atoms with van der Waals surface area (Å²) in [5.41, 5.74) is 4.98. The van der Waals surface area contributed by atoms with E-state index in [0.29, 0.717) is 5.75 Å². The van der Waals surface area contributed by atoms with E-state index in [0.717, 1.165) is 33.2 Å². The zero-order chi connectivity index (χ0) is 20.1. The van der Waals surface area contributed by atoms with Gasteiger partial charge in [-0.25, -0.2) is 5.01 Å². The highest BCUT2D eigenvalue weighted by Gasteiger charge is 2.14. The van der Waals surface area contributed by atoms with Gasteiger partial charge in [-0.1, -0.05) is 29.8 Å². The number of nitrogens with zero attached hydrogens (tertiary/aromatic N) is 2. The normalized spacial score (nSPS) is 11.3. The number of nitrogens with one attached hydrogen (secondary N) is 1. The lowest BCUT2D eigenvalue weighted by molar-refractivity contribution is -0.133. The van der Waals surface area contributed by atoms with Gasteiger partial charge >= 0.3 is 0 Å². The van der Waals surface area contributed by atoms with Crippen LogP contribution in [0.5, 0.6) is 5.75 Å². The molecule has 0 atom stereocenters. The van der Waals surface area contributed by atoms with Crippen LogP contribution in [-0.2, 0) is 4.79 Å². The number of benzene rings is 2. The van der Waals surface area contributed by atoms with E-state index < -0.39 is 0 Å². The fourth-order valence-electron chi connectivity index (χ4n) is 3.23. The SMILES string of the molecule is Cc1cc(C)c(OCC(=O)N(CCO)N=Cc2ccc3cc[nH]c3c2)c(C)c1. The zero-order valence-corrected chi connectivity index (χ0v) is 16.4. The number of H-pyrrole nitrogens is 1. The van der Waals surface area contributed by atoms with Crippen LogP contribution >= 0.6 is 0 Å². The Hall–Kier alpha value is -3.12. The third-order valence-electron chi connectivity index (χ3n) is 4.47. The highest BCUT2D eigenvalue weighted by Crippen LogP contribution is 2.24. The van der Waals surface area contributed by atoms with Crippen molar-refractivity contribution in [2.24, 2.45) is 5.10 Å². The first kappa shape index (κ1) is 19.6. The molecular weight excluding hydrogens is 354 g/mol. The minimum absolute atomic E-state index is 0.106. The van der Waals surface area contributed by atoms with Crippen molar-refractivity contribution in [1.29, 1.82) is 0 Å². The number of fused-ring (bicyclic) bond motifs is 1. The number of carbonyl (C=O) groups excluding carboxylic acids is 1. The molecule has 1 aromatic heterocycles. The van der Waals surface area contributed by atoms with Crippen LogP contribution in [0.4, 0.5) is 0 Å². The third-order valence-corrected chi connectivity index (χ3v) is 4.47. The van der Waals surface area contributed by atoms with Gasteiger partial charge in [-0.3, -0.25) is 4.79 Å². The summed E-state index contributed by atoms with van der Waals surface area (Å²) in [6.07, 6.45) is 3.48. The Labute approximate surface area is 164 Å². The molecule has 146 valence electrons. The Morgan fingerprint density at radius 2 is 1.93 bits per heavy atom. The number of hydrazone groups is 1. The summed E-state index contributed by atoms with van der Waals surface area (Å²) in [6, 6.07) is 11.9. The standard InChI is InChI=1S/C22H25N3O3/c1-15-10-16(2)22(17(3)11-15)28-14-21(27)25(8-9-26)24-13-18-4-5-19-6-7-23-20(19)12-18/h4-7,10-13,23,26H,8-9,14H2,1-3H3. The summed E-state index contributed by atoms with van der Waals surface area (Å²) >= 11 is 0. The summed E-state index contributed by atoms with van der Waals surface area (Å²) in [5.74, 6) is 0.398. The first-order chi connectivity index (χ1) is 13.5. The summed E-state index contributed by atoms with van der Waals surface area (Å²) < 4.78 is 5.76. The molecule has 1 amide bonds. The van der Waals surface area contributed by atoms with Gasteiger partial charge in [-0.2, -0.15) is 5.10 Å². The van der Waals surface area contributed by atoms with Crippen molar-refractivity contribution in [2.45, 2.75) is 20.8 Å². The molecule has 0 fully saturated rings. The largest absolute Gasteiger partial charge is 0.483 e. The average Bonchev–Trinajstić information content (AvgIpc) is 3.11. The van der Waals surface area contributed by atoms with Gasteiger partial charge in [-0.05, 0) is 55.0 Å². The van der Waals surface area contributed by atoms with Gasteiger partial charge in [0, 0.05) is 11.7 Å². The van der Waals surface area contributed by atoms with Crippen LogP contribution in [0.3, 0.4) is 0 Å². The number of rotatable bonds is 7. The summed E-state index contributed by atoms with van der Waals surface area (Å²) in [4.78, 5) is 15.7. The third kappa shape index (κ3) is 4.58. The Morgan fingerprint density at radius 3 is 2.64 bits per heavy atom. The monoisotopic (exact) mass is 379 g/mol. The van der Waals surface area contributed by atoms with Gasteiger partial charge in [0.15, 0.2) is 6.61 Å². The number of aryl methyl sites for hydroxylation is 3. The van der Waals surface area contributed by atoms with Crippen molar-refractivity contribution in [3.8, 4) is 5.75 Å². The Morgan fingerprint density at radius 1 is 1.18 bits per heavy atom. The van der Waals surface area contributed by atoms with E-state index in [9.17, 15) is 9.90 Å². The average molecular weight is 379 g/mol. The van der Waals surface area contributed by atoms with E-state index in [1.165, 1.54) is 5.01 Å². The van der Waals surface area contributed by atoms with E-state index in [-0.39, 0.29) is 25.7 Å². The molecule has 0 aliphatic carbocycles. The second kappa shape index (κ2) is 8.71. The van der Waals surface area contributed by atoms with Crippen LogP contribution in [0, 0.1) is 20.8 Å². The van der Waals surface area contributed by atoms with E-state index in [1.54, 1.807) is 6.21 Å². The number of aromatic amines is 1. The number of aromatic nitrogens is 1. The highest BCUT2D eigenvalue weighted by atomic mass is 16.5. The molecule has 3 rings (SSSR count). The summed E-state index contributed by atoms with van der Waals surface area (Å²) in [6.45, 7) is 5.73. The van der Waals surface area contributed by atoms with E-state index >= 15 is 0 Å². The molecule has 2 aromatic carbocycles. The molecule has 0 saturated heterocycles. The van der Waals surface area contributed by atoms with Crippen molar-refractivity contribution in [3.63, 3.8) is 0 Å². The van der Waals surface area contributed by atoms with Crippen LogP contribution < -0.4 is 4.74 Å². The number of amides is 1. The predicted octanol–water partition coefficient (Wildman–Crippen LogP) is 3.33. The van der Waals surface area contributed by atoms with Gasteiger partial charge in [-0.15, -0.1) is 0 Å². The smallest absolute Gasteiger partial charge is 0.280 e. The molecular formula is C22H25N3O3. The molecule has 0 bridgehead atoms. The maximum Gasteiger partial charge on any atom is 0.280 e. The van der Waals surface area contributed by atoms with Crippen molar-refractivity contribution in [2.75, 3.05) is 19.8 Å². The fraction of sp³-hybridized carbons (Fsp3) is 0.273. The van der Waals surface area contributed by atoms with Crippen molar-refractivity contribution >= 4 is 23.0 Å². The number of hydrogen-bond acceptors (Lipinski definition) is 4. The van der Waals surface area contributed by atoms with Crippen LogP contribution in [-0.4, -0.2) is 47.0 Å². The minimum atomic E-state index is -0.314. The molecule has 0 aliphatic heterocycles. The van der Waals surface area contributed by atoms with Crippen LogP contribution in [0.25, 0.3) is 10.9 Å². The van der Waals surface area contributed by atoms with Gasteiger partial charge in [0.25, 0.3) is 5.91 Å². The molecule has 0 saturated carbocycles. The van der Waals surface area contributed by atoms with Gasteiger partial charge < -0.3 is 14.8 Å². The molecule has 6 nitrogen and oxygen atoms in total. The Balaban J connectivity index is 1.69. The molecule has 2 N–H and O–H groups in total. The zero-order valence-electron chi connectivity index (χ0n) is 16.4. The van der Waals surface area contributed by atoms with Gasteiger partial charge in [0.1, 0.15) is 5.75 Å². The lowest BCUT2D eigenvalue weighted by atomic mass is 10.1. The molecule has 1 heterocycles. The lowest BCUT2D eigenvalue weighted by Gasteiger charge is -2.18. The maximum absolute atomic E-state index is 12.6. The molecule has 0 spiro atoms. The van der Waals surface area contributed by atoms with Crippen LogP contribution in [0.15, 0.2) is 47.7 Å². The molecule has 3 aromatic rings. The predicted molar refractivity (Wildman–Crippen MR) is 111 cm³/mol. The van der Waals surface area contributed by atoms with Gasteiger partial charge in [0.2, 0.25) is 0 Å². The lowest BCUT2D eigenvalue weighted by Crippen LogP contribution is -2.33. The van der Waals surface area contributed by atoms with E-state index in [4.69, 9.17) is 4.74 Å². The quantitative estimate of drug-likeness (QED) is 0.488. The number of aliphatic hydroxyl groups is 1. The number of carbonyl (C=O) groups is 1. The highest BCUT2D eigenvalue weighted by molar-refractivity contribution is 5.89. The second-order valence-electron chi connectivity index (χ2n) is 6.83. The van der Waals surface area contributed by atoms with E-state index in [2.05, 4.69) is 10.1 Å². The topological polar surface area (TPSA) is 77.9 Å². The van der Waals surface area contributed by atoms with Crippen molar-refractivity contribution in [3.05, 3.63) is 64.8 Å². The number of aliphatic hydroxyl groups excluding tert-OH is 1. The molecule has 0 unspecified atom stereocenters. The fourth-order valence-corrected chi connectivity index (χ4v) is 3.23. The van der Waals surface area contributed by atoms with E-state index in [1.807, 2.05) is 63.4 Å². The van der Waals surface area contributed by atoms with Crippen molar-refractivity contribution < 1.29 is 14.6 Å². The Kier molecular flexibility index (Phi) is 6.11. The summed E-state index contributed by atoms with van der Waals surface area (Å²) in [5, 5.41) is 15.9. The minimum Gasteiger partial charge on any atom is -0.483 e. The molecule has 0 aliphatic rings. The first-order valence-corrected chi connectivity index (χ1v) is 9.21. The summed E-state index contributed by atoms with van der Waals surface area (Å²) in [7, 11) is 0. The number of hydrogen-bond donors (Lipinski definition) is 2. The molecule has 0 radical (unpaired) electrons. The van der Waals surface area contributed by atoms with Crippen molar-refractivity contribution in [1.82, 2.24) is 9.99 Å². The molecule has 28 heavy (non-hydrogen) atoms. The Bertz CT molecular complexity index is 984. The van der Waals surface area contributed by atoms with Crippen LogP contribution in [0.2, 0.25) is 0 Å². The maximum atomic E-state index is 12.6.